The third-order valence-electron chi connectivity index (χ3n) is 3.11. The SMILES string of the molecule is COCNC(=S)C1=Nc2cc(Cl)ccc2Oc2ccccc21. The molecule has 0 bridgehead atoms. The van der Waals surface area contributed by atoms with Crippen molar-refractivity contribution in [1.82, 2.24) is 5.32 Å². The number of ether oxygens (including phenoxy) is 2. The second kappa shape index (κ2) is 6.44. The molecular formula is C16H13ClN2O2S. The molecule has 1 heterocycles. The first-order valence-electron chi connectivity index (χ1n) is 6.61. The monoisotopic (exact) mass is 332 g/mol. The summed E-state index contributed by atoms with van der Waals surface area (Å²) in [6.07, 6.45) is 0. The number of nitrogens with zero attached hydrogens (tertiary/aromatic N) is 1. The zero-order valence-electron chi connectivity index (χ0n) is 11.8. The summed E-state index contributed by atoms with van der Waals surface area (Å²) in [5, 5.41) is 3.60. The molecule has 0 saturated heterocycles. The first-order valence-corrected chi connectivity index (χ1v) is 7.40. The predicted molar refractivity (Wildman–Crippen MR) is 91.8 cm³/mol. The highest BCUT2D eigenvalue weighted by Gasteiger charge is 2.20. The van der Waals surface area contributed by atoms with Crippen molar-refractivity contribution in [2.45, 2.75) is 0 Å². The fourth-order valence-corrected chi connectivity index (χ4v) is 2.49. The van der Waals surface area contributed by atoms with Crippen molar-refractivity contribution in [2.24, 2.45) is 4.99 Å². The molecule has 3 rings (SSSR count). The van der Waals surface area contributed by atoms with E-state index in [4.69, 9.17) is 33.3 Å². The van der Waals surface area contributed by atoms with Crippen LogP contribution < -0.4 is 10.1 Å². The van der Waals surface area contributed by atoms with Gasteiger partial charge < -0.3 is 14.8 Å². The van der Waals surface area contributed by atoms with Crippen LogP contribution in [0.5, 0.6) is 11.5 Å². The summed E-state index contributed by atoms with van der Waals surface area (Å²) in [4.78, 5) is 5.13. The molecule has 0 aromatic heterocycles. The van der Waals surface area contributed by atoms with Crippen LogP contribution in [0.1, 0.15) is 5.56 Å². The number of methoxy groups -OCH3 is 1. The van der Waals surface area contributed by atoms with Gasteiger partial charge in [-0.1, -0.05) is 36.0 Å². The smallest absolute Gasteiger partial charge is 0.153 e. The summed E-state index contributed by atoms with van der Waals surface area (Å²) in [5.74, 6) is 1.34. The molecule has 0 radical (unpaired) electrons. The Morgan fingerprint density at radius 2 is 2.09 bits per heavy atom. The van der Waals surface area contributed by atoms with Crippen molar-refractivity contribution in [2.75, 3.05) is 13.8 Å². The van der Waals surface area contributed by atoms with Gasteiger partial charge in [0.2, 0.25) is 0 Å². The van der Waals surface area contributed by atoms with E-state index in [1.807, 2.05) is 24.3 Å². The van der Waals surface area contributed by atoms with E-state index in [0.717, 1.165) is 5.56 Å². The summed E-state index contributed by atoms with van der Waals surface area (Å²) in [5.41, 5.74) is 2.09. The Labute approximate surface area is 138 Å². The Morgan fingerprint density at radius 3 is 2.91 bits per heavy atom. The fourth-order valence-electron chi connectivity index (χ4n) is 2.11. The number of nitrogens with one attached hydrogen (secondary N) is 1. The highest BCUT2D eigenvalue weighted by atomic mass is 35.5. The number of halogens is 1. The van der Waals surface area contributed by atoms with Crippen LogP contribution in [-0.4, -0.2) is 24.5 Å². The van der Waals surface area contributed by atoms with Gasteiger partial charge in [-0.25, -0.2) is 4.99 Å². The standard InChI is InChI=1S/C16H13ClN2O2S/c1-20-9-18-16(22)15-11-4-2-3-5-13(11)21-14-7-6-10(17)8-12(14)19-15/h2-8H,9H2,1H3,(H,18,22). The van der Waals surface area contributed by atoms with Crippen LogP contribution in [0.25, 0.3) is 0 Å². The van der Waals surface area contributed by atoms with E-state index in [1.165, 1.54) is 0 Å². The third kappa shape index (κ3) is 2.97. The van der Waals surface area contributed by atoms with Crippen molar-refractivity contribution in [3.05, 3.63) is 53.1 Å². The lowest BCUT2D eigenvalue weighted by molar-refractivity contribution is 0.193. The molecule has 22 heavy (non-hydrogen) atoms. The molecule has 1 N–H and O–H groups in total. The summed E-state index contributed by atoms with van der Waals surface area (Å²) in [7, 11) is 1.59. The Hall–Kier alpha value is -1.95. The van der Waals surface area contributed by atoms with Crippen molar-refractivity contribution in [1.29, 1.82) is 0 Å². The van der Waals surface area contributed by atoms with Crippen molar-refractivity contribution in [3.8, 4) is 11.5 Å². The number of aliphatic imine (C=N–C) groups is 1. The maximum atomic E-state index is 6.06. The molecule has 1 aliphatic rings. The molecule has 0 aliphatic carbocycles. The largest absolute Gasteiger partial charge is 0.454 e. The van der Waals surface area contributed by atoms with Gasteiger partial charge in [0.1, 0.15) is 28.9 Å². The van der Waals surface area contributed by atoms with Gasteiger partial charge >= 0.3 is 0 Å². The fraction of sp³-hybridized carbons (Fsp3) is 0.125. The van der Waals surface area contributed by atoms with Crippen LogP contribution >= 0.6 is 23.8 Å². The number of hydrogen-bond acceptors (Lipinski definition) is 4. The van der Waals surface area contributed by atoms with Gasteiger partial charge in [-0.2, -0.15) is 0 Å². The predicted octanol–water partition coefficient (Wildman–Crippen LogP) is 4.09. The van der Waals surface area contributed by atoms with E-state index >= 15 is 0 Å². The van der Waals surface area contributed by atoms with Gasteiger partial charge in [-0.3, -0.25) is 0 Å². The normalized spacial score (nSPS) is 12.4. The van der Waals surface area contributed by atoms with E-state index in [0.29, 0.717) is 39.6 Å². The van der Waals surface area contributed by atoms with Crippen LogP contribution in [0.4, 0.5) is 5.69 Å². The molecule has 0 unspecified atom stereocenters. The number of para-hydroxylation sites is 1. The molecule has 112 valence electrons. The quantitative estimate of drug-likeness (QED) is 0.679. The number of thiocarbonyl (C=S) groups is 1. The minimum Gasteiger partial charge on any atom is -0.454 e. The van der Waals surface area contributed by atoms with E-state index in [-0.39, 0.29) is 0 Å². The van der Waals surface area contributed by atoms with E-state index < -0.39 is 0 Å². The molecule has 0 fully saturated rings. The lowest BCUT2D eigenvalue weighted by Crippen LogP contribution is -2.31. The Morgan fingerprint density at radius 1 is 1.27 bits per heavy atom. The van der Waals surface area contributed by atoms with Gasteiger partial charge in [-0.15, -0.1) is 0 Å². The maximum absolute atomic E-state index is 6.06. The van der Waals surface area contributed by atoms with Crippen LogP contribution in [0.15, 0.2) is 47.5 Å². The average Bonchev–Trinajstić information content (AvgIpc) is 2.69. The van der Waals surface area contributed by atoms with Crippen LogP contribution in [0.3, 0.4) is 0 Å². The lowest BCUT2D eigenvalue weighted by Gasteiger charge is -2.11. The van der Waals surface area contributed by atoms with Crippen molar-refractivity contribution >= 4 is 40.2 Å². The zero-order valence-corrected chi connectivity index (χ0v) is 13.4. The van der Waals surface area contributed by atoms with Gasteiger partial charge in [0.05, 0.1) is 0 Å². The number of rotatable bonds is 3. The van der Waals surface area contributed by atoms with Crippen LogP contribution in [-0.2, 0) is 4.74 Å². The molecular weight excluding hydrogens is 320 g/mol. The lowest BCUT2D eigenvalue weighted by atomic mass is 10.1. The van der Waals surface area contributed by atoms with Gasteiger partial charge in [-0.05, 0) is 30.3 Å². The van der Waals surface area contributed by atoms with Crippen molar-refractivity contribution < 1.29 is 9.47 Å². The van der Waals surface area contributed by atoms with E-state index in [1.54, 1.807) is 25.3 Å². The van der Waals surface area contributed by atoms with E-state index in [2.05, 4.69) is 10.3 Å². The molecule has 6 heteroatoms. The Kier molecular flexibility index (Phi) is 4.38. The summed E-state index contributed by atoms with van der Waals surface area (Å²) in [6, 6.07) is 12.9. The minimum absolute atomic E-state index is 0.309. The van der Waals surface area contributed by atoms with Gasteiger partial charge in [0.15, 0.2) is 5.75 Å². The first kappa shape index (κ1) is 15.0. The molecule has 2 aromatic rings. The maximum Gasteiger partial charge on any atom is 0.153 e. The molecule has 2 aromatic carbocycles. The Bertz CT molecular complexity index is 762. The second-order valence-electron chi connectivity index (χ2n) is 4.61. The summed E-state index contributed by atoms with van der Waals surface area (Å²) < 4.78 is 11.0. The summed E-state index contributed by atoms with van der Waals surface area (Å²) >= 11 is 11.5. The highest BCUT2D eigenvalue weighted by Crippen LogP contribution is 2.39. The number of fused-ring (bicyclic) bond motifs is 2. The topological polar surface area (TPSA) is 42.8 Å². The molecule has 1 aliphatic heterocycles. The molecule has 0 atom stereocenters. The molecule has 0 spiro atoms. The highest BCUT2D eigenvalue weighted by molar-refractivity contribution is 7.82. The zero-order chi connectivity index (χ0) is 15.5. The molecule has 4 nitrogen and oxygen atoms in total. The average molecular weight is 333 g/mol. The Balaban J connectivity index is 2.13. The first-order chi connectivity index (χ1) is 10.7. The molecule has 0 saturated carbocycles. The third-order valence-corrected chi connectivity index (χ3v) is 3.68. The minimum atomic E-state index is 0.309. The number of benzene rings is 2. The number of hydrogen-bond donors (Lipinski definition) is 1. The second-order valence-corrected chi connectivity index (χ2v) is 5.45. The van der Waals surface area contributed by atoms with Gasteiger partial charge in [0.25, 0.3) is 0 Å². The van der Waals surface area contributed by atoms with Crippen molar-refractivity contribution in [3.63, 3.8) is 0 Å². The summed E-state index contributed by atoms with van der Waals surface area (Å²) in [6.45, 7) is 0.309. The van der Waals surface area contributed by atoms with Gasteiger partial charge in [0, 0.05) is 17.7 Å². The molecule has 0 amide bonds. The van der Waals surface area contributed by atoms with Crippen LogP contribution in [0, 0.1) is 0 Å². The van der Waals surface area contributed by atoms with E-state index in [9.17, 15) is 0 Å². The van der Waals surface area contributed by atoms with Crippen LogP contribution in [0.2, 0.25) is 5.02 Å².